The Morgan fingerprint density at radius 3 is 1.72 bits per heavy atom. The van der Waals surface area contributed by atoms with E-state index in [4.69, 9.17) is 4.21 Å². The summed E-state index contributed by atoms with van der Waals surface area (Å²) in [5, 5.41) is 0. The Morgan fingerprint density at radius 1 is 0.698 bits per heavy atom. The molecule has 0 nitrogen and oxygen atoms in total. The average Bonchev–Trinajstić information content (AvgIpc) is 3.70. The summed E-state index contributed by atoms with van der Waals surface area (Å²) in [6.45, 7) is 36.1. The van der Waals surface area contributed by atoms with E-state index in [1.165, 1.54) is 64.5 Å². The molecule has 0 saturated carbocycles. The number of hydrogen-bond donors (Lipinski definition) is 0. The molecule has 0 heterocycles. The van der Waals surface area contributed by atoms with Gasteiger partial charge in [0.2, 0.25) is 0 Å². The molecule has 0 aromatic heterocycles. The first-order valence-electron chi connectivity index (χ1n) is 19.6. The molecule has 0 fully saturated rings. The topological polar surface area (TPSA) is 0 Å². The molecule has 3 aromatic rings. The van der Waals surface area contributed by atoms with E-state index in [-0.39, 0.29) is 51.9 Å². The zero-order chi connectivity index (χ0) is 37.7. The predicted molar refractivity (Wildman–Crippen MR) is 238 cm³/mol. The van der Waals surface area contributed by atoms with Crippen LogP contribution < -0.4 is 3.27 Å². The van der Waals surface area contributed by atoms with Gasteiger partial charge in [-0.25, -0.2) is 0 Å². The first-order valence-corrected chi connectivity index (χ1v) is 27.5. The number of fused-ring (bicyclic) bond motifs is 5. The van der Waals surface area contributed by atoms with Crippen LogP contribution in [0.15, 0.2) is 78.9 Å². The molecule has 0 bridgehead atoms. The van der Waals surface area contributed by atoms with Crippen LogP contribution in [-0.2, 0) is 35.5 Å². The van der Waals surface area contributed by atoms with Crippen LogP contribution in [0, 0.1) is 29.1 Å². The van der Waals surface area contributed by atoms with Gasteiger partial charge in [-0.1, -0.05) is 0 Å². The first kappa shape index (κ1) is 42.1. The fourth-order valence-corrected chi connectivity index (χ4v) is 27.7. The third-order valence-electron chi connectivity index (χ3n) is 13.4. The van der Waals surface area contributed by atoms with Gasteiger partial charge in [0.15, 0.2) is 0 Å². The summed E-state index contributed by atoms with van der Waals surface area (Å²) < 4.78 is 13.2. The summed E-state index contributed by atoms with van der Waals surface area (Å²) >= 11 is -4.55. The number of rotatable bonds is 3. The van der Waals surface area contributed by atoms with Crippen molar-refractivity contribution >= 4 is 43.4 Å². The molecule has 0 N–H and O–H groups in total. The second-order valence-electron chi connectivity index (χ2n) is 21.6. The van der Waals surface area contributed by atoms with Crippen molar-refractivity contribution in [2.24, 2.45) is 22.2 Å². The number of allylic oxidation sites excluding steroid dienone is 8. The summed E-state index contributed by atoms with van der Waals surface area (Å²) in [6.07, 6.45) is 8.72. The summed E-state index contributed by atoms with van der Waals surface area (Å²) in [4.78, 5) is 0. The van der Waals surface area contributed by atoms with E-state index in [0.29, 0.717) is 5.92 Å². The van der Waals surface area contributed by atoms with Crippen LogP contribution >= 0.6 is 24.8 Å². The first-order chi connectivity index (χ1) is 23.2. The summed E-state index contributed by atoms with van der Waals surface area (Å²) in [5.74, 6) is 0.357. The third-order valence-corrected chi connectivity index (χ3v) is 28.9. The van der Waals surface area contributed by atoms with Crippen molar-refractivity contribution in [3.05, 3.63) is 118 Å². The van der Waals surface area contributed by atoms with Crippen LogP contribution in [0.2, 0.25) is 4.63 Å². The van der Waals surface area contributed by atoms with E-state index in [0.717, 1.165) is 6.42 Å². The molecular formula is C50H66Cl2Zr. The number of benzene rings is 3. The van der Waals surface area contributed by atoms with Gasteiger partial charge < -0.3 is 0 Å². The fraction of sp³-hybridized carbons (Fsp3) is 0.460. The second-order valence-corrected chi connectivity index (χ2v) is 35.5. The van der Waals surface area contributed by atoms with Crippen LogP contribution in [-0.4, -0.2) is 4.21 Å². The van der Waals surface area contributed by atoms with Gasteiger partial charge in [0.05, 0.1) is 0 Å². The Bertz CT molecular complexity index is 2240. The Morgan fingerprint density at radius 2 is 1.23 bits per heavy atom. The molecule has 284 valence electrons. The quantitative estimate of drug-likeness (QED) is 0.193. The van der Waals surface area contributed by atoms with E-state index in [1.54, 1.807) is 12.1 Å². The van der Waals surface area contributed by atoms with Gasteiger partial charge in [-0.3, -0.25) is 0 Å². The molecule has 0 spiro atoms. The normalized spacial score (nSPS) is 20.1. The van der Waals surface area contributed by atoms with Gasteiger partial charge >= 0.3 is 314 Å². The predicted octanol–water partition coefficient (Wildman–Crippen LogP) is 14.2. The van der Waals surface area contributed by atoms with Crippen molar-refractivity contribution in [3.63, 3.8) is 0 Å². The Balaban J connectivity index is 0.00000271. The molecule has 4 aliphatic carbocycles. The molecule has 1 unspecified atom stereocenters. The van der Waals surface area contributed by atoms with Gasteiger partial charge in [-0.2, -0.15) is 0 Å². The van der Waals surface area contributed by atoms with E-state index in [2.05, 4.69) is 175 Å². The molecule has 0 radical (unpaired) electrons. The number of halogens is 2. The molecule has 0 amide bonds. The van der Waals surface area contributed by atoms with Crippen molar-refractivity contribution in [1.29, 1.82) is 0 Å². The van der Waals surface area contributed by atoms with Gasteiger partial charge in [0.1, 0.15) is 0 Å². The van der Waals surface area contributed by atoms with Gasteiger partial charge in [-0.05, 0) is 0 Å². The van der Waals surface area contributed by atoms with E-state index in [9.17, 15) is 0 Å². The van der Waals surface area contributed by atoms with Crippen LogP contribution in [0.4, 0.5) is 0 Å². The molecule has 0 saturated heterocycles. The molecular weight excluding hydrogens is 763 g/mol. The molecule has 4 aliphatic rings. The Hall–Kier alpha value is -2.05. The van der Waals surface area contributed by atoms with Gasteiger partial charge in [0, 0.05) is 0 Å². The maximum absolute atomic E-state index is 5.72. The number of aryl methyl sites for hydroxylation is 1. The van der Waals surface area contributed by atoms with E-state index < -0.39 is 18.3 Å². The summed E-state index contributed by atoms with van der Waals surface area (Å²) in [6, 6.07) is 20.0. The molecule has 3 heteroatoms. The zero-order valence-corrected chi connectivity index (χ0v) is 39.7. The van der Waals surface area contributed by atoms with E-state index >= 15 is 0 Å². The van der Waals surface area contributed by atoms with E-state index in [1.807, 2.05) is 0 Å². The van der Waals surface area contributed by atoms with Crippen molar-refractivity contribution in [2.75, 3.05) is 0 Å². The van der Waals surface area contributed by atoms with Crippen LogP contribution in [0.3, 0.4) is 0 Å². The van der Waals surface area contributed by atoms with Crippen LogP contribution in [0.5, 0.6) is 0 Å². The molecule has 53 heavy (non-hydrogen) atoms. The summed E-state index contributed by atoms with van der Waals surface area (Å²) in [5.41, 5.74) is 17.6. The molecule has 0 aliphatic heterocycles. The Kier molecular flexibility index (Phi) is 9.91. The monoisotopic (exact) mass is 826 g/mol. The molecule has 7 rings (SSSR count). The standard InChI is InChI=1S/C31H37.C10H15.C7H7.CH3.CH2.2ClH.Zr/c1-28(2,3)26-16-30(7,8)24-12-18-11-19-13-25-23(15-21(19)20(18)14-22(24)26)27(29(4,5)6)17-31(25,9)10;1-8-5-6-9(7-8)10(2,3)4;1-7-5-3-2-4-6-7;;;;;/h12-16H,11H2,1-10H3;6-8H,1-4H3;3-6H,1H3;1H3;1H2;2*1H;. The second kappa shape index (κ2) is 12.5. The third kappa shape index (κ3) is 6.12. The minimum absolute atomic E-state index is 0. The van der Waals surface area contributed by atoms with Gasteiger partial charge in [0.25, 0.3) is 0 Å². The van der Waals surface area contributed by atoms with Crippen LogP contribution in [0.25, 0.3) is 22.3 Å². The molecule has 1 atom stereocenters. The van der Waals surface area contributed by atoms with Crippen molar-refractivity contribution < 1.29 is 18.3 Å². The van der Waals surface area contributed by atoms with Crippen molar-refractivity contribution in [1.82, 2.24) is 0 Å². The molecule has 3 aromatic carbocycles. The SMILES string of the molecule is Cl.Cl.[CH2]=[Zr]([CH3])([C]1=CC(C(C)(C)C)=CC1C)([C]1=C(C(C)(C)C)c2cc3c(cc2C1(C)C)Cc1cc2c(cc1-3)C(C(C)(C)C)=CC2(C)C)[c]1ccc(C)cc1. The average molecular weight is 829 g/mol. The zero-order valence-electron chi connectivity index (χ0n) is 35.7. The van der Waals surface area contributed by atoms with Gasteiger partial charge in [-0.15, -0.1) is 24.8 Å². The fourth-order valence-electron chi connectivity index (χ4n) is 10.9. The maximum atomic E-state index is 5.72. The van der Waals surface area contributed by atoms with Crippen molar-refractivity contribution in [2.45, 2.75) is 126 Å². The summed E-state index contributed by atoms with van der Waals surface area (Å²) in [7, 11) is 0. The van der Waals surface area contributed by atoms with Crippen molar-refractivity contribution in [3.8, 4) is 11.1 Å². The number of hydrogen-bond acceptors (Lipinski definition) is 0. The van der Waals surface area contributed by atoms with Crippen LogP contribution in [0.1, 0.15) is 136 Å². The minimum atomic E-state index is -4.55. The Labute approximate surface area is 336 Å².